The number of rotatable bonds is 4. The van der Waals surface area contributed by atoms with Gasteiger partial charge in [-0.2, -0.15) is 0 Å². The molecule has 0 bridgehead atoms. The minimum atomic E-state index is 0.488. The molecule has 0 atom stereocenters. The zero-order valence-electron chi connectivity index (χ0n) is 9.27. The summed E-state index contributed by atoms with van der Waals surface area (Å²) in [6, 6.07) is 9.55. The van der Waals surface area contributed by atoms with E-state index in [2.05, 4.69) is 15.9 Å². The summed E-state index contributed by atoms with van der Waals surface area (Å²) in [5, 5.41) is 0. The first kappa shape index (κ1) is 12.3. The van der Waals surface area contributed by atoms with Gasteiger partial charge < -0.3 is 4.74 Å². The van der Waals surface area contributed by atoms with Crippen molar-refractivity contribution in [1.82, 2.24) is 0 Å². The first-order valence-corrected chi connectivity index (χ1v) is 6.73. The van der Waals surface area contributed by atoms with Crippen molar-refractivity contribution in [2.24, 2.45) is 0 Å². The highest BCUT2D eigenvalue weighted by atomic mass is 79.9. The van der Waals surface area contributed by atoms with E-state index in [-0.39, 0.29) is 0 Å². The van der Waals surface area contributed by atoms with Gasteiger partial charge in [0.2, 0.25) is 0 Å². The zero-order chi connectivity index (χ0) is 12.3. The molecule has 2 rings (SSSR count). The molecule has 0 radical (unpaired) electrons. The first-order valence-electron chi connectivity index (χ1n) is 5.12. The molecule has 0 spiro atoms. The second kappa shape index (κ2) is 5.47. The van der Waals surface area contributed by atoms with Crippen LogP contribution in [0.25, 0.3) is 0 Å². The van der Waals surface area contributed by atoms with Crippen molar-refractivity contribution >= 4 is 33.6 Å². The Hall–Kier alpha value is -1.13. The molecule has 0 fully saturated rings. The lowest BCUT2D eigenvalue weighted by Crippen LogP contribution is -1.98. The maximum atomic E-state index is 10.9. The van der Waals surface area contributed by atoms with Crippen molar-refractivity contribution in [2.45, 2.75) is 13.5 Å². The molecule has 2 aromatic rings. The van der Waals surface area contributed by atoms with Crippen LogP contribution in [0.3, 0.4) is 0 Å². The van der Waals surface area contributed by atoms with E-state index in [9.17, 15) is 4.79 Å². The van der Waals surface area contributed by atoms with Crippen molar-refractivity contribution in [1.29, 1.82) is 0 Å². The first-order chi connectivity index (χ1) is 8.20. The molecule has 88 valence electrons. The van der Waals surface area contributed by atoms with Crippen LogP contribution in [0.4, 0.5) is 0 Å². The largest absolute Gasteiger partial charge is 0.487 e. The van der Waals surface area contributed by atoms with Gasteiger partial charge in [-0.05, 0) is 46.6 Å². The van der Waals surface area contributed by atoms with Gasteiger partial charge in [-0.1, -0.05) is 12.1 Å². The monoisotopic (exact) mass is 310 g/mol. The van der Waals surface area contributed by atoms with Gasteiger partial charge in [-0.3, -0.25) is 4.79 Å². The number of para-hydroxylation sites is 1. The Balaban J connectivity index is 2.16. The fourth-order valence-electron chi connectivity index (χ4n) is 1.54. The molecule has 0 saturated heterocycles. The highest BCUT2D eigenvalue weighted by Crippen LogP contribution is 2.26. The molecule has 0 unspecified atom stereocenters. The molecule has 1 heterocycles. The lowest BCUT2D eigenvalue weighted by atomic mass is 10.1. The second-order valence-electron chi connectivity index (χ2n) is 3.61. The molecule has 1 aromatic heterocycles. The Morgan fingerprint density at radius 3 is 2.82 bits per heavy atom. The maximum absolute atomic E-state index is 10.9. The van der Waals surface area contributed by atoms with Gasteiger partial charge in [0, 0.05) is 4.88 Å². The van der Waals surface area contributed by atoms with Crippen LogP contribution in [0, 0.1) is 6.92 Å². The molecule has 0 aliphatic carbocycles. The molecule has 17 heavy (non-hydrogen) atoms. The van der Waals surface area contributed by atoms with Crippen molar-refractivity contribution in [3.8, 4) is 5.75 Å². The van der Waals surface area contributed by atoms with Gasteiger partial charge >= 0.3 is 0 Å². The van der Waals surface area contributed by atoms with Crippen LogP contribution in [0.5, 0.6) is 5.75 Å². The molecule has 0 amide bonds. The molecule has 2 nitrogen and oxygen atoms in total. The number of aldehydes is 1. The van der Waals surface area contributed by atoms with E-state index >= 15 is 0 Å². The predicted octanol–water partition coefficient (Wildman–Crippen LogP) is 4.21. The van der Waals surface area contributed by atoms with Crippen LogP contribution in [-0.4, -0.2) is 6.29 Å². The summed E-state index contributed by atoms with van der Waals surface area (Å²) in [5.74, 6) is 0.673. The van der Waals surface area contributed by atoms with Crippen molar-refractivity contribution in [2.75, 3.05) is 0 Å². The smallest absolute Gasteiger partial charge is 0.153 e. The van der Waals surface area contributed by atoms with E-state index in [1.807, 2.05) is 31.2 Å². The highest BCUT2D eigenvalue weighted by Gasteiger charge is 2.07. The van der Waals surface area contributed by atoms with Crippen LogP contribution in [-0.2, 0) is 6.61 Å². The van der Waals surface area contributed by atoms with Crippen LogP contribution in [0.2, 0.25) is 0 Å². The third-order valence-electron chi connectivity index (χ3n) is 2.36. The molecular formula is C13H11BrO2S. The number of ether oxygens (including phenoxy) is 1. The number of benzene rings is 1. The maximum Gasteiger partial charge on any atom is 0.153 e. The highest BCUT2D eigenvalue weighted by molar-refractivity contribution is 9.11. The van der Waals surface area contributed by atoms with Gasteiger partial charge in [0.25, 0.3) is 0 Å². The second-order valence-corrected chi connectivity index (χ2v) is 6.15. The van der Waals surface area contributed by atoms with Crippen molar-refractivity contribution < 1.29 is 9.53 Å². The standard InChI is InChI=1S/C13H11BrO2S/c1-9-3-2-4-10(7-15)13(9)16-8-11-5-6-12(14)17-11/h2-7H,8H2,1H3. The molecule has 0 aliphatic rings. The van der Waals surface area contributed by atoms with Crippen LogP contribution >= 0.6 is 27.3 Å². The van der Waals surface area contributed by atoms with Crippen molar-refractivity contribution in [3.63, 3.8) is 0 Å². The summed E-state index contributed by atoms with van der Waals surface area (Å²) in [6.07, 6.45) is 0.826. The van der Waals surface area contributed by atoms with Crippen LogP contribution < -0.4 is 4.74 Å². The number of carbonyl (C=O) groups is 1. The molecule has 0 saturated carbocycles. The Morgan fingerprint density at radius 1 is 1.35 bits per heavy atom. The SMILES string of the molecule is Cc1cccc(C=O)c1OCc1ccc(Br)s1. The molecule has 0 aliphatic heterocycles. The summed E-state index contributed by atoms with van der Waals surface area (Å²) < 4.78 is 6.80. The topological polar surface area (TPSA) is 26.3 Å². The van der Waals surface area contributed by atoms with E-state index < -0.39 is 0 Å². The number of carbonyl (C=O) groups excluding carboxylic acids is 1. The average molecular weight is 311 g/mol. The fraction of sp³-hybridized carbons (Fsp3) is 0.154. The van der Waals surface area contributed by atoms with E-state index in [1.54, 1.807) is 17.4 Å². The molecule has 1 aromatic carbocycles. The van der Waals surface area contributed by atoms with Gasteiger partial charge in [0.1, 0.15) is 12.4 Å². The average Bonchev–Trinajstić information content (AvgIpc) is 2.73. The Morgan fingerprint density at radius 2 is 2.18 bits per heavy atom. The third-order valence-corrected chi connectivity index (χ3v) is 3.95. The minimum absolute atomic E-state index is 0.488. The van der Waals surface area contributed by atoms with Crippen LogP contribution in [0.1, 0.15) is 20.8 Å². The number of halogens is 1. The Kier molecular flexibility index (Phi) is 3.97. The summed E-state index contributed by atoms with van der Waals surface area (Å²) in [6.45, 7) is 2.43. The fourth-order valence-corrected chi connectivity index (χ4v) is 2.93. The number of thiophene rings is 1. The minimum Gasteiger partial charge on any atom is -0.487 e. The molecule has 4 heteroatoms. The van der Waals surface area contributed by atoms with E-state index in [0.29, 0.717) is 17.9 Å². The van der Waals surface area contributed by atoms with Gasteiger partial charge in [-0.25, -0.2) is 0 Å². The van der Waals surface area contributed by atoms with E-state index in [0.717, 1.165) is 20.5 Å². The summed E-state index contributed by atoms with van der Waals surface area (Å²) in [4.78, 5) is 12.0. The quantitative estimate of drug-likeness (QED) is 0.791. The van der Waals surface area contributed by atoms with Gasteiger partial charge in [0.15, 0.2) is 6.29 Å². The predicted molar refractivity (Wildman–Crippen MR) is 72.9 cm³/mol. The van der Waals surface area contributed by atoms with E-state index in [4.69, 9.17) is 4.74 Å². The summed E-state index contributed by atoms with van der Waals surface area (Å²) in [5.41, 5.74) is 1.57. The van der Waals surface area contributed by atoms with Crippen LogP contribution in [0.15, 0.2) is 34.1 Å². The van der Waals surface area contributed by atoms with E-state index in [1.165, 1.54) is 0 Å². The normalized spacial score (nSPS) is 10.2. The van der Waals surface area contributed by atoms with Gasteiger partial charge in [0.05, 0.1) is 9.35 Å². The summed E-state index contributed by atoms with van der Waals surface area (Å²) >= 11 is 5.04. The third kappa shape index (κ3) is 2.96. The van der Waals surface area contributed by atoms with Gasteiger partial charge in [-0.15, -0.1) is 11.3 Å². The number of aryl methyl sites for hydroxylation is 1. The van der Waals surface area contributed by atoms with Crippen molar-refractivity contribution in [3.05, 3.63) is 50.1 Å². The Bertz CT molecular complexity index is 534. The summed E-state index contributed by atoms with van der Waals surface area (Å²) in [7, 11) is 0. The lowest BCUT2D eigenvalue weighted by molar-refractivity contribution is 0.111. The Labute approximate surface area is 112 Å². The molecular weight excluding hydrogens is 300 g/mol. The lowest BCUT2D eigenvalue weighted by Gasteiger charge is -2.10. The number of hydrogen-bond donors (Lipinski definition) is 0. The number of hydrogen-bond acceptors (Lipinski definition) is 3. The zero-order valence-corrected chi connectivity index (χ0v) is 11.7. The molecule has 0 N–H and O–H groups in total.